The van der Waals surface area contributed by atoms with Gasteiger partial charge in [-0.05, 0) is 17.7 Å². The van der Waals surface area contributed by atoms with E-state index in [9.17, 15) is 9.90 Å². The van der Waals surface area contributed by atoms with E-state index in [1.165, 1.54) is 6.33 Å². The summed E-state index contributed by atoms with van der Waals surface area (Å²) < 4.78 is 21.4. The molecule has 2 aliphatic heterocycles. The number of aliphatic hydroxyl groups is 1. The maximum atomic E-state index is 12.6. The van der Waals surface area contributed by atoms with Crippen molar-refractivity contribution < 1.29 is 24.1 Å². The van der Waals surface area contributed by atoms with Gasteiger partial charge >= 0.3 is 0 Å². The average molecular weight is 592 g/mol. The van der Waals surface area contributed by atoms with E-state index >= 15 is 0 Å². The summed E-state index contributed by atoms with van der Waals surface area (Å²) in [5.41, 5.74) is 2.02. The second-order valence-electron chi connectivity index (χ2n) is 12.1. The van der Waals surface area contributed by atoms with Gasteiger partial charge in [0.1, 0.15) is 30.2 Å². The van der Waals surface area contributed by atoms with Crippen molar-refractivity contribution in [3.05, 3.63) is 108 Å². The number of amides is 1. The lowest BCUT2D eigenvalue weighted by Gasteiger charge is -2.41. The zero-order valence-electron chi connectivity index (χ0n) is 24.7. The number of ether oxygens (including phenoxy) is 3. The zero-order chi connectivity index (χ0) is 30.5. The standard InChI is InChI=1S/C34H33N5O5/c1-33(2,3)32(41)38-30-29-31(36-19-35-30)39(20-37-29)28-17-24(40)27(44-28)18-42-34(21-11-5-4-6-12-21)22-13-7-9-15-25(22)43-26-16-10-8-14-23(26)34/h4-16,19-20,24,27-28,40H,17-18H2,1-3H3,(H,35,36,38,41)/t24-,27+,28+/m0/s1. The molecule has 1 fully saturated rings. The Kier molecular flexibility index (Phi) is 6.92. The smallest absolute Gasteiger partial charge is 0.230 e. The summed E-state index contributed by atoms with van der Waals surface area (Å²) in [7, 11) is 0. The van der Waals surface area contributed by atoms with Gasteiger partial charge in [-0.3, -0.25) is 9.36 Å². The summed E-state index contributed by atoms with van der Waals surface area (Å²) >= 11 is 0. The first-order valence-corrected chi connectivity index (χ1v) is 14.6. The number of nitrogens with zero attached hydrogens (tertiary/aromatic N) is 4. The monoisotopic (exact) mass is 591 g/mol. The minimum atomic E-state index is -0.997. The van der Waals surface area contributed by atoms with E-state index in [1.807, 2.05) is 99.6 Å². The van der Waals surface area contributed by atoms with Crippen LogP contribution in [0, 0.1) is 5.41 Å². The summed E-state index contributed by atoms with van der Waals surface area (Å²) in [5, 5.41) is 14.1. The van der Waals surface area contributed by atoms with Crippen molar-refractivity contribution >= 4 is 22.9 Å². The Morgan fingerprint density at radius 1 is 0.977 bits per heavy atom. The first-order chi connectivity index (χ1) is 21.3. The van der Waals surface area contributed by atoms with Gasteiger partial charge in [-0.2, -0.15) is 0 Å². The number of carbonyl (C=O) groups excluding carboxylic acids is 1. The van der Waals surface area contributed by atoms with Crippen molar-refractivity contribution in [1.82, 2.24) is 19.5 Å². The first kappa shape index (κ1) is 28.1. The van der Waals surface area contributed by atoms with Crippen LogP contribution < -0.4 is 10.1 Å². The van der Waals surface area contributed by atoms with E-state index < -0.39 is 29.5 Å². The van der Waals surface area contributed by atoms with Crippen LogP contribution in [0.5, 0.6) is 11.5 Å². The van der Waals surface area contributed by atoms with Crippen LogP contribution in [0.1, 0.15) is 50.1 Å². The second kappa shape index (κ2) is 10.8. The van der Waals surface area contributed by atoms with Crippen molar-refractivity contribution in [2.45, 2.75) is 51.2 Å². The summed E-state index contributed by atoms with van der Waals surface area (Å²) in [6.45, 7) is 5.59. The summed E-state index contributed by atoms with van der Waals surface area (Å²) in [6, 6.07) is 25.8. The number of nitrogens with one attached hydrogen (secondary N) is 1. The third kappa shape index (κ3) is 4.71. The van der Waals surface area contributed by atoms with Crippen molar-refractivity contribution in [2.75, 3.05) is 11.9 Å². The number of rotatable bonds is 6. The summed E-state index contributed by atoms with van der Waals surface area (Å²) in [5.74, 6) is 1.56. The number of aliphatic hydroxyl groups excluding tert-OH is 1. The van der Waals surface area contributed by atoms with Crippen LogP contribution in [-0.2, 0) is 19.9 Å². The minimum absolute atomic E-state index is 0.101. The molecule has 0 saturated carbocycles. The number of aromatic nitrogens is 4. The van der Waals surface area contributed by atoms with Gasteiger partial charge in [0.2, 0.25) is 5.91 Å². The number of hydrogen-bond donors (Lipinski definition) is 2. The quantitative estimate of drug-likeness (QED) is 0.263. The molecule has 224 valence electrons. The fraction of sp³-hybridized carbons (Fsp3) is 0.294. The Labute approximate surface area is 254 Å². The van der Waals surface area contributed by atoms with Crippen LogP contribution in [0.3, 0.4) is 0 Å². The van der Waals surface area contributed by atoms with E-state index in [0.717, 1.165) is 16.7 Å². The van der Waals surface area contributed by atoms with E-state index in [1.54, 1.807) is 10.9 Å². The largest absolute Gasteiger partial charge is 0.457 e. The maximum absolute atomic E-state index is 12.6. The molecular formula is C34H33N5O5. The number of para-hydroxylation sites is 2. The highest BCUT2D eigenvalue weighted by Gasteiger charge is 2.47. The third-order valence-electron chi connectivity index (χ3n) is 8.18. The molecule has 5 aromatic rings. The predicted octanol–water partition coefficient (Wildman–Crippen LogP) is 5.57. The Morgan fingerprint density at radius 2 is 1.64 bits per heavy atom. The lowest BCUT2D eigenvalue weighted by Crippen LogP contribution is -2.39. The second-order valence-corrected chi connectivity index (χ2v) is 12.1. The predicted molar refractivity (Wildman–Crippen MR) is 163 cm³/mol. The number of fused-ring (bicyclic) bond motifs is 3. The summed E-state index contributed by atoms with van der Waals surface area (Å²) in [4.78, 5) is 25.8. The average Bonchev–Trinajstić information content (AvgIpc) is 3.63. The highest BCUT2D eigenvalue weighted by atomic mass is 16.6. The maximum Gasteiger partial charge on any atom is 0.230 e. The summed E-state index contributed by atoms with van der Waals surface area (Å²) in [6.07, 6.45) is 1.30. The number of benzene rings is 3. The molecule has 1 saturated heterocycles. The molecule has 3 atom stereocenters. The van der Waals surface area contributed by atoms with Crippen molar-refractivity contribution in [2.24, 2.45) is 5.41 Å². The van der Waals surface area contributed by atoms with E-state index in [4.69, 9.17) is 14.2 Å². The fourth-order valence-electron chi connectivity index (χ4n) is 5.87. The Hall–Kier alpha value is -4.64. The molecule has 0 unspecified atom stereocenters. The molecule has 0 aliphatic carbocycles. The Balaban J connectivity index is 1.19. The van der Waals surface area contributed by atoms with Crippen LogP contribution in [0.15, 0.2) is 91.5 Å². The number of imidazole rings is 1. The number of anilines is 1. The van der Waals surface area contributed by atoms with Crippen LogP contribution in [0.25, 0.3) is 11.2 Å². The van der Waals surface area contributed by atoms with Gasteiger partial charge in [0.15, 0.2) is 22.6 Å². The molecule has 2 aliphatic rings. The van der Waals surface area contributed by atoms with Crippen molar-refractivity contribution in [3.8, 4) is 11.5 Å². The topological polar surface area (TPSA) is 121 Å². The van der Waals surface area contributed by atoms with Gasteiger partial charge in [-0.15, -0.1) is 0 Å². The first-order valence-electron chi connectivity index (χ1n) is 14.6. The molecule has 7 rings (SSSR count). The lowest BCUT2D eigenvalue weighted by molar-refractivity contribution is -0.123. The molecule has 1 amide bonds. The molecule has 10 heteroatoms. The van der Waals surface area contributed by atoms with Gasteiger partial charge in [0.25, 0.3) is 0 Å². The normalized spacial score (nSPS) is 20.5. The highest BCUT2D eigenvalue weighted by molar-refractivity contribution is 5.99. The van der Waals surface area contributed by atoms with Gasteiger partial charge in [-0.1, -0.05) is 87.5 Å². The molecule has 0 bridgehead atoms. The van der Waals surface area contributed by atoms with Crippen LogP contribution in [0.4, 0.5) is 5.82 Å². The fourth-order valence-corrected chi connectivity index (χ4v) is 5.87. The molecule has 4 heterocycles. The van der Waals surface area contributed by atoms with Gasteiger partial charge in [0, 0.05) is 23.0 Å². The molecule has 3 aromatic carbocycles. The van der Waals surface area contributed by atoms with E-state index in [2.05, 4.69) is 20.3 Å². The highest BCUT2D eigenvalue weighted by Crippen LogP contribution is 2.52. The molecule has 44 heavy (non-hydrogen) atoms. The van der Waals surface area contributed by atoms with Crippen molar-refractivity contribution in [1.29, 1.82) is 0 Å². The van der Waals surface area contributed by atoms with Crippen molar-refractivity contribution in [3.63, 3.8) is 0 Å². The molecule has 2 N–H and O–H groups in total. The third-order valence-corrected chi connectivity index (χ3v) is 8.18. The molecule has 10 nitrogen and oxygen atoms in total. The minimum Gasteiger partial charge on any atom is -0.457 e. The lowest BCUT2D eigenvalue weighted by atomic mass is 9.77. The Bertz CT molecular complexity index is 1790. The van der Waals surface area contributed by atoms with Crippen LogP contribution in [0.2, 0.25) is 0 Å². The zero-order valence-corrected chi connectivity index (χ0v) is 24.7. The number of carbonyl (C=O) groups is 1. The van der Waals surface area contributed by atoms with Crippen LogP contribution >= 0.6 is 0 Å². The van der Waals surface area contributed by atoms with Crippen LogP contribution in [-0.4, -0.2) is 49.3 Å². The van der Waals surface area contributed by atoms with Gasteiger partial charge in [-0.25, -0.2) is 15.0 Å². The molecule has 0 spiro atoms. The van der Waals surface area contributed by atoms with Gasteiger partial charge < -0.3 is 24.6 Å². The molecule has 0 radical (unpaired) electrons. The number of hydrogen-bond acceptors (Lipinski definition) is 8. The van der Waals surface area contributed by atoms with E-state index in [-0.39, 0.29) is 12.5 Å². The van der Waals surface area contributed by atoms with Gasteiger partial charge in [0.05, 0.1) is 19.0 Å². The molecule has 2 aromatic heterocycles. The van der Waals surface area contributed by atoms with E-state index in [0.29, 0.717) is 34.9 Å². The molecular weight excluding hydrogens is 558 g/mol. The SMILES string of the molecule is CC(C)(C)C(=O)Nc1ncnc2c1ncn2[C@H]1C[C@H](O)[C@@H](COC2(c3ccccc3)c3ccccc3Oc3ccccc32)O1. The Morgan fingerprint density at radius 3 is 2.32 bits per heavy atom.